The van der Waals surface area contributed by atoms with Crippen molar-refractivity contribution in [1.82, 2.24) is 0 Å². The van der Waals surface area contributed by atoms with Crippen LogP contribution in [-0.2, 0) is 9.59 Å². The van der Waals surface area contributed by atoms with Crippen LogP contribution in [0.15, 0.2) is 23.3 Å². The summed E-state index contributed by atoms with van der Waals surface area (Å²) >= 11 is 0. The van der Waals surface area contributed by atoms with Gasteiger partial charge in [-0.3, -0.25) is 9.59 Å². The fourth-order valence-electron chi connectivity index (χ4n) is 4.45. The van der Waals surface area contributed by atoms with E-state index in [0.717, 1.165) is 12.8 Å². The van der Waals surface area contributed by atoms with E-state index in [0.29, 0.717) is 11.1 Å². The summed E-state index contributed by atoms with van der Waals surface area (Å²) in [6.45, 7) is 21.3. The Morgan fingerprint density at radius 3 is 1.17 bits per heavy atom. The third-order valence-corrected chi connectivity index (χ3v) is 4.47. The monoisotopic (exact) mass is 332 g/mol. The predicted octanol–water partition coefficient (Wildman–Crippen LogP) is 5.92. The van der Waals surface area contributed by atoms with Crippen molar-refractivity contribution in [3.8, 4) is 0 Å². The molecule has 136 valence electrons. The Balaban J connectivity index is 3.24. The molecule has 0 radical (unpaired) electrons. The first-order valence-corrected chi connectivity index (χ1v) is 8.98. The van der Waals surface area contributed by atoms with Gasteiger partial charge in [0.25, 0.3) is 0 Å². The van der Waals surface area contributed by atoms with E-state index in [1.54, 1.807) is 12.2 Å². The summed E-state index contributed by atoms with van der Waals surface area (Å²) in [6, 6.07) is 0. The van der Waals surface area contributed by atoms with Crippen molar-refractivity contribution in [2.45, 2.75) is 82.1 Å². The Labute approximate surface area is 148 Å². The molecule has 1 aliphatic carbocycles. The summed E-state index contributed by atoms with van der Waals surface area (Å²) in [7, 11) is 0. The lowest BCUT2D eigenvalue weighted by molar-refractivity contribution is -0.117. The molecule has 1 rings (SSSR count). The first kappa shape index (κ1) is 20.9. The van der Waals surface area contributed by atoms with Crippen LogP contribution in [0.4, 0.5) is 0 Å². The molecule has 0 fully saturated rings. The molecule has 24 heavy (non-hydrogen) atoms. The number of ketones is 2. The quantitative estimate of drug-likeness (QED) is 0.599. The third-order valence-electron chi connectivity index (χ3n) is 4.47. The van der Waals surface area contributed by atoms with Gasteiger partial charge in [0, 0.05) is 11.1 Å². The van der Waals surface area contributed by atoms with E-state index >= 15 is 0 Å². The van der Waals surface area contributed by atoms with E-state index in [4.69, 9.17) is 0 Å². The Morgan fingerprint density at radius 2 is 0.917 bits per heavy atom. The van der Waals surface area contributed by atoms with Gasteiger partial charge in [0.05, 0.1) is 0 Å². The van der Waals surface area contributed by atoms with Gasteiger partial charge in [-0.25, -0.2) is 0 Å². The number of hydrogen-bond acceptors (Lipinski definition) is 2. The minimum Gasteiger partial charge on any atom is -0.290 e. The molecule has 2 nitrogen and oxygen atoms in total. The Bertz CT molecular complexity index is 534. The maximum atomic E-state index is 13.2. The molecule has 0 amide bonds. The topological polar surface area (TPSA) is 34.1 Å². The van der Waals surface area contributed by atoms with Gasteiger partial charge in [0.2, 0.25) is 0 Å². The number of carbonyl (C=O) groups excluding carboxylic acids is 2. The summed E-state index contributed by atoms with van der Waals surface area (Å²) in [5.41, 5.74) is 0.889. The highest BCUT2D eigenvalue weighted by molar-refractivity contribution is 6.21. The smallest absolute Gasteiger partial charge is 0.186 e. The van der Waals surface area contributed by atoms with E-state index in [1.165, 1.54) is 0 Å². The van der Waals surface area contributed by atoms with Crippen molar-refractivity contribution in [2.24, 2.45) is 21.7 Å². The van der Waals surface area contributed by atoms with Crippen LogP contribution in [-0.4, -0.2) is 11.6 Å². The van der Waals surface area contributed by atoms with Crippen LogP contribution < -0.4 is 0 Å². The minimum absolute atomic E-state index is 0.0523. The molecule has 0 atom stereocenters. The first-order chi connectivity index (χ1) is 10.4. The third kappa shape index (κ3) is 5.43. The number of rotatable bonds is 4. The molecular weight excluding hydrogens is 296 g/mol. The van der Waals surface area contributed by atoms with Crippen molar-refractivity contribution in [1.29, 1.82) is 0 Å². The molecule has 0 unspecified atom stereocenters. The molecule has 0 aromatic rings. The van der Waals surface area contributed by atoms with Crippen LogP contribution >= 0.6 is 0 Å². The molecule has 0 aromatic heterocycles. The van der Waals surface area contributed by atoms with Gasteiger partial charge in [-0.2, -0.15) is 0 Å². The molecule has 0 N–H and O–H groups in total. The Kier molecular flexibility index (Phi) is 5.46. The molecule has 0 heterocycles. The standard InChI is InChI=1S/C22H36O2/c1-19(2,3)13-21(7,8)16-11-15(23)12-17(18(16)24)22(9,10)14-20(4,5)6/h11-12H,13-14H2,1-10H3. The van der Waals surface area contributed by atoms with E-state index in [1.807, 2.05) is 0 Å². The number of hydrogen-bond donors (Lipinski definition) is 0. The minimum atomic E-state index is -0.317. The molecule has 0 spiro atoms. The van der Waals surface area contributed by atoms with E-state index in [-0.39, 0.29) is 33.2 Å². The van der Waals surface area contributed by atoms with Gasteiger partial charge < -0.3 is 0 Å². The Hall–Kier alpha value is -1.18. The van der Waals surface area contributed by atoms with Crippen molar-refractivity contribution in [3.05, 3.63) is 23.3 Å². The summed E-state index contributed by atoms with van der Waals surface area (Å²) in [4.78, 5) is 25.6. The number of Topliss-reactive ketones (excluding diaryl/α,β-unsaturated/α-hetero) is 1. The highest BCUT2D eigenvalue weighted by Crippen LogP contribution is 2.46. The van der Waals surface area contributed by atoms with Crippen LogP contribution in [0.1, 0.15) is 82.1 Å². The van der Waals surface area contributed by atoms with Gasteiger partial charge in [-0.15, -0.1) is 0 Å². The van der Waals surface area contributed by atoms with Gasteiger partial charge in [-0.1, -0.05) is 69.2 Å². The van der Waals surface area contributed by atoms with Gasteiger partial charge in [0.15, 0.2) is 11.6 Å². The summed E-state index contributed by atoms with van der Waals surface area (Å²) in [6.07, 6.45) is 4.84. The summed E-state index contributed by atoms with van der Waals surface area (Å²) < 4.78 is 0. The fraction of sp³-hybridized carbons (Fsp3) is 0.727. The van der Waals surface area contributed by atoms with Crippen LogP contribution in [0, 0.1) is 21.7 Å². The molecule has 0 saturated heterocycles. The van der Waals surface area contributed by atoms with Gasteiger partial charge in [0.1, 0.15) is 0 Å². The second-order valence-corrected chi connectivity index (χ2v) is 11.1. The van der Waals surface area contributed by atoms with Crippen molar-refractivity contribution >= 4 is 11.6 Å². The molecular formula is C22H36O2. The van der Waals surface area contributed by atoms with Crippen molar-refractivity contribution in [3.63, 3.8) is 0 Å². The van der Waals surface area contributed by atoms with E-state index in [9.17, 15) is 9.59 Å². The highest BCUT2D eigenvalue weighted by Gasteiger charge is 2.41. The number of carbonyl (C=O) groups is 2. The predicted molar refractivity (Wildman–Crippen MR) is 102 cm³/mol. The first-order valence-electron chi connectivity index (χ1n) is 8.98. The van der Waals surface area contributed by atoms with Crippen molar-refractivity contribution in [2.75, 3.05) is 0 Å². The summed E-state index contributed by atoms with van der Waals surface area (Å²) in [5.74, 6) is 0.00154. The molecule has 0 saturated carbocycles. The van der Waals surface area contributed by atoms with E-state index < -0.39 is 0 Å². The second-order valence-electron chi connectivity index (χ2n) is 11.1. The normalized spacial score (nSPS) is 17.8. The van der Waals surface area contributed by atoms with Gasteiger partial charge >= 0.3 is 0 Å². The van der Waals surface area contributed by atoms with Crippen LogP contribution in [0.25, 0.3) is 0 Å². The Morgan fingerprint density at radius 1 is 0.625 bits per heavy atom. The van der Waals surface area contributed by atoms with Crippen LogP contribution in [0.2, 0.25) is 0 Å². The fourth-order valence-corrected chi connectivity index (χ4v) is 4.45. The zero-order valence-corrected chi connectivity index (χ0v) is 17.4. The molecule has 0 aliphatic heterocycles. The van der Waals surface area contributed by atoms with Crippen LogP contribution in [0.3, 0.4) is 0 Å². The highest BCUT2D eigenvalue weighted by atomic mass is 16.1. The molecule has 0 aromatic carbocycles. The lowest BCUT2D eigenvalue weighted by atomic mass is 9.64. The number of allylic oxidation sites excluding steroid dienone is 4. The molecule has 1 aliphatic rings. The second kappa shape index (κ2) is 6.28. The molecule has 0 bridgehead atoms. The maximum absolute atomic E-state index is 13.2. The SMILES string of the molecule is CC(C)(C)CC(C)(C)C1=CC(=O)C=C(C(C)(C)CC(C)(C)C)C1=O. The van der Waals surface area contributed by atoms with Crippen molar-refractivity contribution < 1.29 is 9.59 Å². The lowest BCUT2D eigenvalue weighted by Gasteiger charge is -2.39. The zero-order chi connectivity index (χ0) is 19.1. The lowest BCUT2D eigenvalue weighted by Crippen LogP contribution is -2.35. The van der Waals surface area contributed by atoms with E-state index in [2.05, 4.69) is 69.2 Å². The molecule has 2 heteroatoms. The van der Waals surface area contributed by atoms with Crippen LogP contribution in [0.5, 0.6) is 0 Å². The van der Waals surface area contributed by atoms with Gasteiger partial charge in [-0.05, 0) is 46.7 Å². The maximum Gasteiger partial charge on any atom is 0.186 e. The zero-order valence-electron chi connectivity index (χ0n) is 17.4. The largest absolute Gasteiger partial charge is 0.290 e. The summed E-state index contributed by atoms with van der Waals surface area (Å²) in [5, 5.41) is 0. The average molecular weight is 333 g/mol. The average Bonchev–Trinajstić information content (AvgIpc) is 2.24.